The van der Waals surface area contributed by atoms with Crippen LogP contribution in [-0.2, 0) is 0 Å². The van der Waals surface area contributed by atoms with E-state index in [-0.39, 0.29) is 12.3 Å². The van der Waals surface area contributed by atoms with E-state index in [1.807, 2.05) is 54.7 Å². The molecule has 0 amide bonds. The molecule has 2 unspecified atom stereocenters. The standard InChI is InChI=1S/C64H46N10/c1-3-13-41(14-4-1)59-67-61(43-29-33-65-34-30-43)71-63(69-59)47-17-11-19-49(37-47)73-55-23-9-7-21-51(55)53-39-45(25-27-57(53)73)46-26-28-58-54(40-46)52-22-8-10-24-56(52)74(58)50-20-12-18-48(38-50)64-70-60(42-15-5-2-6-16-42)68-62(72-64)44-31-35-66-36-32-44/h1-35,37-40,60,64,66,70H,36H2,(H,68,72). The van der Waals surface area contributed by atoms with E-state index in [1.54, 1.807) is 12.4 Å². The monoisotopic (exact) mass is 954 g/mol. The highest BCUT2D eigenvalue weighted by Crippen LogP contribution is 2.39. The number of aromatic nitrogens is 6. The van der Waals surface area contributed by atoms with Gasteiger partial charge in [-0.2, -0.15) is 0 Å². The van der Waals surface area contributed by atoms with Gasteiger partial charge in [0.1, 0.15) is 18.2 Å². The van der Waals surface area contributed by atoms with Gasteiger partial charge in [-0.1, -0.05) is 140 Å². The Hall–Kier alpha value is -9.77. The number of hydrogen-bond donors (Lipinski definition) is 3. The minimum Gasteiger partial charge on any atom is -0.387 e. The summed E-state index contributed by atoms with van der Waals surface area (Å²) >= 11 is 0. The topological polar surface area (TPSA) is 110 Å². The van der Waals surface area contributed by atoms with Gasteiger partial charge in [0, 0.05) is 74.1 Å². The summed E-state index contributed by atoms with van der Waals surface area (Å²) in [6, 6.07) is 72.9. The van der Waals surface area contributed by atoms with Crippen LogP contribution in [-0.4, -0.2) is 41.5 Å². The van der Waals surface area contributed by atoms with Crippen molar-refractivity contribution in [2.24, 2.45) is 4.99 Å². The number of nitrogens with one attached hydrogen (secondary N) is 3. The van der Waals surface area contributed by atoms with Gasteiger partial charge in [0.05, 0.1) is 22.1 Å². The number of para-hydroxylation sites is 2. The van der Waals surface area contributed by atoms with Gasteiger partial charge in [0.25, 0.3) is 0 Å². The lowest BCUT2D eigenvalue weighted by Gasteiger charge is -2.33. The molecule has 12 aromatic rings. The average molecular weight is 955 g/mol. The minimum atomic E-state index is -0.214. The van der Waals surface area contributed by atoms with Gasteiger partial charge < -0.3 is 19.8 Å². The molecule has 10 nitrogen and oxygen atoms in total. The Kier molecular flexibility index (Phi) is 10.5. The zero-order valence-corrected chi connectivity index (χ0v) is 40.0. The van der Waals surface area contributed by atoms with Crippen LogP contribution in [0.3, 0.4) is 0 Å². The molecule has 0 aliphatic carbocycles. The van der Waals surface area contributed by atoms with Crippen LogP contribution in [0.5, 0.6) is 0 Å². The Morgan fingerprint density at radius 2 is 0.973 bits per heavy atom. The van der Waals surface area contributed by atoms with Crippen molar-refractivity contribution >= 4 is 49.4 Å². The van der Waals surface area contributed by atoms with E-state index in [9.17, 15) is 0 Å². The van der Waals surface area contributed by atoms with E-state index in [0.29, 0.717) is 17.5 Å². The SMILES string of the molecule is C1=CC(C2=NC(c3ccccc3)NC(c3cccc(-n4c5ccccc5c5cc(-c6ccc7c(c6)c6ccccc6n7-c6cccc(-c7nc(-c8ccccc8)nc(-c8ccncc8)n7)c6)ccc54)c3)N2)=CCN1. The zero-order chi connectivity index (χ0) is 49.0. The summed E-state index contributed by atoms with van der Waals surface area (Å²) in [4.78, 5) is 24.4. The highest BCUT2D eigenvalue weighted by molar-refractivity contribution is 6.13. The molecular formula is C64H46N10. The number of benzene rings is 8. The largest absolute Gasteiger partial charge is 0.387 e. The van der Waals surface area contributed by atoms with E-state index in [4.69, 9.17) is 19.9 Å². The van der Waals surface area contributed by atoms with Gasteiger partial charge in [-0.05, 0) is 107 Å². The first-order valence-corrected chi connectivity index (χ1v) is 24.9. The van der Waals surface area contributed by atoms with Crippen LogP contribution in [0, 0.1) is 0 Å². The highest BCUT2D eigenvalue weighted by Gasteiger charge is 2.27. The molecular weight excluding hydrogens is 909 g/mol. The van der Waals surface area contributed by atoms with Gasteiger partial charge in [0.2, 0.25) is 0 Å². The predicted octanol–water partition coefficient (Wildman–Crippen LogP) is 13.5. The van der Waals surface area contributed by atoms with Crippen LogP contribution in [0.25, 0.3) is 100 Å². The molecule has 6 heterocycles. The third kappa shape index (κ3) is 7.69. The Morgan fingerprint density at radius 3 is 1.62 bits per heavy atom. The van der Waals surface area contributed by atoms with Crippen molar-refractivity contribution in [1.82, 2.24) is 45.0 Å². The summed E-state index contributed by atoms with van der Waals surface area (Å²) < 4.78 is 4.74. The molecule has 0 saturated heterocycles. The molecule has 3 N–H and O–H groups in total. The first-order chi connectivity index (χ1) is 36.7. The van der Waals surface area contributed by atoms with Crippen molar-refractivity contribution in [3.8, 4) is 56.7 Å². The molecule has 2 aliphatic heterocycles. The maximum absolute atomic E-state index is 5.15. The van der Waals surface area contributed by atoms with Gasteiger partial charge in [-0.3, -0.25) is 10.3 Å². The summed E-state index contributed by atoms with van der Waals surface area (Å²) in [6.07, 6.45) is 9.38. The number of hydrogen-bond acceptors (Lipinski definition) is 8. The molecule has 8 aromatic carbocycles. The molecule has 2 atom stereocenters. The lowest BCUT2D eigenvalue weighted by atomic mass is 10.0. The van der Waals surface area contributed by atoms with E-state index in [2.05, 4.69) is 200 Å². The van der Waals surface area contributed by atoms with Crippen LogP contribution in [0.4, 0.5) is 0 Å². The summed E-state index contributed by atoms with van der Waals surface area (Å²) in [6.45, 7) is 0.761. The number of nitrogens with zero attached hydrogens (tertiary/aromatic N) is 7. The van der Waals surface area contributed by atoms with Crippen LogP contribution >= 0.6 is 0 Å². The van der Waals surface area contributed by atoms with Gasteiger partial charge in [0.15, 0.2) is 17.5 Å². The van der Waals surface area contributed by atoms with E-state index in [1.165, 1.54) is 21.5 Å². The number of dihydropyridines is 1. The number of amidine groups is 1. The van der Waals surface area contributed by atoms with Gasteiger partial charge in [-0.25, -0.2) is 19.9 Å². The summed E-state index contributed by atoms with van der Waals surface area (Å²) in [7, 11) is 0. The summed E-state index contributed by atoms with van der Waals surface area (Å²) in [5, 5.41) is 15.6. The molecule has 14 rings (SSSR count). The van der Waals surface area contributed by atoms with E-state index >= 15 is 0 Å². The second-order valence-electron chi connectivity index (χ2n) is 18.7. The quantitative estimate of drug-likeness (QED) is 0.132. The Bertz CT molecular complexity index is 4150. The van der Waals surface area contributed by atoms with Crippen molar-refractivity contribution in [2.45, 2.75) is 12.3 Å². The molecule has 352 valence electrons. The highest BCUT2D eigenvalue weighted by atomic mass is 15.3. The maximum Gasteiger partial charge on any atom is 0.164 e. The number of pyridine rings is 1. The molecule has 10 heteroatoms. The van der Waals surface area contributed by atoms with Gasteiger partial charge >= 0.3 is 0 Å². The van der Waals surface area contributed by atoms with Crippen LogP contribution in [0.2, 0.25) is 0 Å². The first-order valence-electron chi connectivity index (χ1n) is 24.9. The minimum absolute atomic E-state index is 0.184. The lowest BCUT2D eigenvalue weighted by molar-refractivity contribution is 0.409. The van der Waals surface area contributed by atoms with Crippen LogP contribution in [0.15, 0.2) is 248 Å². The van der Waals surface area contributed by atoms with E-state index < -0.39 is 0 Å². The summed E-state index contributed by atoms with van der Waals surface area (Å²) in [5.41, 5.74) is 14.9. The van der Waals surface area contributed by atoms with Crippen LogP contribution in [0.1, 0.15) is 23.5 Å². The third-order valence-corrected chi connectivity index (χ3v) is 14.2. The second-order valence-corrected chi connectivity index (χ2v) is 18.7. The lowest BCUT2D eigenvalue weighted by Crippen LogP contribution is -2.45. The van der Waals surface area contributed by atoms with Gasteiger partial charge in [-0.15, -0.1) is 0 Å². The van der Waals surface area contributed by atoms with E-state index in [0.717, 1.165) is 90.3 Å². The Balaban J connectivity index is 0.833. The maximum atomic E-state index is 5.15. The average Bonchev–Trinajstić information content (AvgIpc) is 4.00. The van der Waals surface area contributed by atoms with Crippen molar-refractivity contribution < 1.29 is 0 Å². The van der Waals surface area contributed by atoms with Crippen molar-refractivity contribution in [3.63, 3.8) is 0 Å². The second kappa shape index (κ2) is 18.1. The first kappa shape index (κ1) is 43.1. The molecule has 74 heavy (non-hydrogen) atoms. The summed E-state index contributed by atoms with van der Waals surface area (Å²) in [5.74, 6) is 2.68. The molecule has 0 saturated carbocycles. The van der Waals surface area contributed by atoms with Crippen molar-refractivity contribution in [1.29, 1.82) is 0 Å². The fourth-order valence-corrected chi connectivity index (χ4v) is 10.7. The number of fused-ring (bicyclic) bond motifs is 6. The molecule has 2 aliphatic rings. The smallest absolute Gasteiger partial charge is 0.164 e. The normalized spacial score (nSPS) is 15.5. The molecule has 0 bridgehead atoms. The molecule has 0 spiro atoms. The fourth-order valence-electron chi connectivity index (χ4n) is 10.7. The fraction of sp³-hybridized carbons (Fsp3) is 0.0469. The number of aliphatic imine (C=N–C) groups is 1. The Morgan fingerprint density at radius 1 is 0.432 bits per heavy atom. The van der Waals surface area contributed by atoms with Crippen molar-refractivity contribution in [2.75, 3.05) is 6.54 Å². The predicted molar refractivity (Wildman–Crippen MR) is 299 cm³/mol. The molecule has 0 fully saturated rings. The van der Waals surface area contributed by atoms with Crippen molar-refractivity contribution in [3.05, 3.63) is 254 Å². The zero-order valence-electron chi connectivity index (χ0n) is 40.0. The Labute approximate surface area is 426 Å². The molecule has 4 aromatic heterocycles. The van der Waals surface area contributed by atoms with Crippen LogP contribution < -0.4 is 16.0 Å². The third-order valence-electron chi connectivity index (χ3n) is 14.2. The number of rotatable bonds is 9. The molecule has 0 radical (unpaired) electrons.